The average Bonchev–Trinajstić information content (AvgIpc) is 2.56. The fourth-order valence-corrected chi connectivity index (χ4v) is 2.25. The van der Waals surface area contributed by atoms with E-state index in [9.17, 15) is 4.79 Å². The van der Waals surface area contributed by atoms with Crippen LogP contribution in [-0.2, 0) is 4.74 Å². The maximum Gasteiger partial charge on any atom is 0.274 e. The van der Waals surface area contributed by atoms with Gasteiger partial charge in [0.25, 0.3) is 5.91 Å². The van der Waals surface area contributed by atoms with Crippen LogP contribution in [0.25, 0.3) is 0 Å². The standard InChI is InChI=1S/C16H17Cl2N3O2/c1-23-9-3-7-19-11-6-8-20-14(10-11)16(22)21-13-5-2-4-12(17)15(13)18/h2,4-6,8,10H,3,7,9H2,1H3,(H,19,20)(H,21,22). The van der Waals surface area contributed by atoms with E-state index in [0.29, 0.717) is 22.3 Å². The van der Waals surface area contributed by atoms with Gasteiger partial charge in [-0.25, -0.2) is 0 Å². The third-order valence-electron chi connectivity index (χ3n) is 3.05. The summed E-state index contributed by atoms with van der Waals surface area (Å²) >= 11 is 12.0. The van der Waals surface area contributed by atoms with Gasteiger partial charge in [0.1, 0.15) is 5.69 Å². The molecule has 1 aromatic carbocycles. The van der Waals surface area contributed by atoms with Crippen LogP contribution in [0.15, 0.2) is 36.5 Å². The molecule has 2 rings (SSSR count). The summed E-state index contributed by atoms with van der Waals surface area (Å²) < 4.78 is 4.99. The van der Waals surface area contributed by atoms with E-state index in [2.05, 4.69) is 15.6 Å². The van der Waals surface area contributed by atoms with Gasteiger partial charge in [0.2, 0.25) is 0 Å². The number of nitrogens with zero attached hydrogens (tertiary/aromatic N) is 1. The van der Waals surface area contributed by atoms with Gasteiger partial charge in [-0.3, -0.25) is 9.78 Å². The number of hydrogen-bond acceptors (Lipinski definition) is 4. The maximum atomic E-state index is 12.3. The van der Waals surface area contributed by atoms with Gasteiger partial charge in [-0.05, 0) is 30.7 Å². The Morgan fingerprint density at radius 2 is 2.13 bits per heavy atom. The first-order valence-electron chi connectivity index (χ1n) is 7.06. The molecular formula is C16H17Cl2N3O2. The molecule has 0 atom stereocenters. The molecule has 0 bridgehead atoms. The quantitative estimate of drug-likeness (QED) is 0.735. The molecule has 1 heterocycles. The highest BCUT2D eigenvalue weighted by Crippen LogP contribution is 2.29. The number of rotatable bonds is 7. The van der Waals surface area contributed by atoms with E-state index in [1.165, 1.54) is 0 Å². The van der Waals surface area contributed by atoms with Crippen LogP contribution in [0.2, 0.25) is 10.0 Å². The molecule has 0 aliphatic heterocycles. The van der Waals surface area contributed by atoms with Crippen LogP contribution in [0.3, 0.4) is 0 Å². The van der Waals surface area contributed by atoms with Gasteiger partial charge in [0, 0.05) is 32.1 Å². The Bertz CT molecular complexity index is 680. The first kappa shape index (κ1) is 17.5. The molecular weight excluding hydrogens is 337 g/mol. The molecule has 0 fully saturated rings. The smallest absolute Gasteiger partial charge is 0.274 e. The first-order chi connectivity index (χ1) is 11.1. The normalized spacial score (nSPS) is 10.4. The van der Waals surface area contributed by atoms with Gasteiger partial charge in [-0.2, -0.15) is 0 Å². The van der Waals surface area contributed by atoms with Gasteiger partial charge in [0.05, 0.1) is 15.7 Å². The first-order valence-corrected chi connectivity index (χ1v) is 7.81. The van der Waals surface area contributed by atoms with E-state index in [1.807, 2.05) is 0 Å². The fraction of sp³-hybridized carbons (Fsp3) is 0.250. The molecule has 1 aromatic heterocycles. The van der Waals surface area contributed by atoms with Gasteiger partial charge >= 0.3 is 0 Å². The Balaban J connectivity index is 2.03. The molecule has 23 heavy (non-hydrogen) atoms. The summed E-state index contributed by atoms with van der Waals surface area (Å²) in [5.41, 5.74) is 1.56. The van der Waals surface area contributed by atoms with Crippen LogP contribution in [0, 0.1) is 0 Å². The summed E-state index contributed by atoms with van der Waals surface area (Å²) in [6, 6.07) is 8.53. The van der Waals surface area contributed by atoms with E-state index in [4.69, 9.17) is 27.9 Å². The van der Waals surface area contributed by atoms with Crippen molar-refractivity contribution in [3.8, 4) is 0 Å². The van der Waals surface area contributed by atoms with Gasteiger partial charge in [0.15, 0.2) is 0 Å². The van der Waals surface area contributed by atoms with E-state index < -0.39 is 0 Å². The largest absolute Gasteiger partial charge is 0.385 e. The molecule has 0 aliphatic rings. The summed E-state index contributed by atoms with van der Waals surface area (Å²) in [4.78, 5) is 16.4. The number of ether oxygens (including phenoxy) is 1. The highest BCUT2D eigenvalue weighted by atomic mass is 35.5. The van der Waals surface area contributed by atoms with Crippen molar-refractivity contribution in [1.29, 1.82) is 0 Å². The number of carbonyl (C=O) groups is 1. The number of nitrogens with one attached hydrogen (secondary N) is 2. The number of benzene rings is 1. The molecule has 0 saturated carbocycles. The number of halogens is 2. The monoisotopic (exact) mass is 353 g/mol. The highest BCUT2D eigenvalue weighted by Gasteiger charge is 2.11. The molecule has 0 saturated heterocycles. The predicted molar refractivity (Wildman–Crippen MR) is 93.6 cm³/mol. The predicted octanol–water partition coefficient (Wildman–Crippen LogP) is 4.09. The molecule has 1 amide bonds. The van der Waals surface area contributed by atoms with Crippen LogP contribution >= 0.6 is 23.2 Å². The lowest BCUT2D eigenvalue weighted by Gasteiger charge is -2.09. The number of methoxy groups -OCH3 is 1. The summed E-state index contributed by atoms with van der Waals surface area (Å²) in [7, 11) is 1.66. The highest BCUT2D eigenvalue weighted by molar-refractivity contribution is 6.44. The maximum absolute atomic E-state index is 12.3. The van der Waals surface area contributed by atoms with Crippen LogP contribution in [0.1, 0.15) is 16.9 Å². The van der Waals surface area contributed by atoms with E-state index >= 15 is 0 Å². The molecule has 7 heteroatoms. The lowest BCUT2D eigenvalue weighted by molar-refractivity contribution is 0.102. The second-order valence-corrected chi connectivity index (χ2v) is 5.54. The van der Waals surface area contributed by atoms with Gasteiger partial charge in [-0.1, -0.05) is 29.3 Å². The van der Waals surface area contributed by atoms with Crippen molar-refractivity contribution in [2.45, 2.75) is 6.42 Å². The van der Waals surface area contributed by atoms with E-state index in [1.54, 1.807) is 43.6 Å². The molecule has 0 radical (unpaired) electrons. The Morgan fingerprint density at radius 3 is 2.91 bits per heavy atom. The van der Waals surface area contributed by atoms with Gasteiger partial charge < -0.3 is 15.4 Å². The minimum Gasteiger partial charge on any atom is -0.385 e. The summed E-state index contributed by atoms with van der Waals surface area (Å²) in [6.07, 6.45) is 2.45. The fourth-order valence-electron chi connectivity index (χ4n) is 1.90. The van der Waals surface area contributed by atoms with Crippen LogP contribution in [-0.4, -0.2) is 31.2 Å². The number of carbonyl (C=O) groups excluding carboxylic acids is 1. The number of anilines is 2. The molecule has 0 spiro atoms. The Morgan fingerprint density at radius 1 is 1.30 bits per heavy atom. The van der Waals surface area contributed by atoms with Crippen molar-refractivity contribution in [3.63, 3.8) is 0 Å². The van der Waals surface area contributed by atoms with Gasteiger partial charge in [-0.15, -0.1) is 0 Å². The Hall–Kier alpha value is -1.82. The lowest BCUT2D eigenvalue weighted by atomic mass is 10.2. The third-order valence-corrected chi connectivity index (χ3v) is 3.87. The minimum absolute atomic E-state index is 0.290. The van der Waals surface area contributed by atoms with Crippen molar-refractivity contribution in [1.82, 2.24) is 4.98 Å². The summed E-state index contributed by atoms with van der Waals surface area (Å²) in [6.45, 7) is 1.43. The molecule has 2 aromatic rings. The second kappa shape index (κ2) is 8.72. The van der Waals surface area contributed by atoms with Crippen LogP contribution < -0.4 is 10.6 Å². The van der Waals surface area contributed by atoms with Crippen molar-refractivity contribution < 1.29 is 9.53 Å². The number of hydrogen-bond donors (Lipinski definition) is 2. The topological polar surface area (TPSA) is 63.2 Å². The second-order valence-electron chi connectivity index (χ2n) is 4.76. The molecule has 0 aliphatic carbocycles. The van der Waals surface area contributed by atoms with Crippen LogP contribution in [0.4, 0.5) is 11.4 Å². The summed E-state index contributed by atoms with van der Waals surface area (Å²) in [5, 5.41) is 6.60. The zero-order chi connectivity index (χ0) is 16.7. The van der Waals surface area contributed by atoms with Crippen LogP contribution in [0.5, 0.6) is 0 Å². The van der Waals surface area contributed by atoms with E-state index in [0.717, 1.165) is 18.7 Å². The molecule has 0 unspecified atom stereocenters. The zero-order valence-electron chi connectivity index (χ0n) is 12.6. The lowest BCUT2D eigenvalue weighted by Crippen LogP contribution is -2.14. The summed E-state index contributed by atoms with van der Waals surface area (Å²) in [5.74, 6) is -0.352. The molecule has 2 N–H and O–H groups in total. The van der Waals surface area contributed by atoms with Crippen molar-refractivity contribution in [3.05, 3.63) is 52.3 Å². The Labute approximate surface area is 145 Å². The zero-order valence-corrected chi connectivity index (χ0v) is 14.1. The molecule has 122 valence electrons. The van der Waals surface area contributed by atoms with Crippen molar-refractivity contribution in [2.75, 3.05) is 30.9 Å². The number of amides is 1. The third kappa shape index (κ3) is 5.10. The van der Waals surface area contributed by atoms with E-state index in [-0.39, 0.29) is 11.6 Å². The minimum atomic E-state index is -0.352. The number of pyridine rings is 1. The van der Waals surface area contributed by atoms with Crippen molar-refractivity contribution in [2.24, 2.45) is 0 Å². The van der Waals surface area contributed by atoms with Crippen molar-refractivity contribution >= 4 is 40.5 Å². The SMILES string of the molecule is COCCCNc1ccnc(C(=O)Nc2cccc(Cl)c2Cl)c1. The molecule has 5 nitrogen and oxygen atoms in total. The Kier molecular flexibility index (Phi) is 6.65. The number of aromatic nitrogens is 1. The average molecular weight is 354 g/mol.